The Hall–Kier alpha value is -3.74. The van der Waals surface area contributed by atoms with Gasteiger partial charge >= 0.3 is 5.97 Å². The van der Waals surface area contributed by atoms with Gasteiger partial charge in [0.05, 0.1) is 29.1 Å². The fraction of sp³-hybridized carbons (Fsp3) is 0.333. The van der Waals surface area contributed by atoms with Gasteiger partial charge in [-0.2, -0.15) is 0 Å². The van der Waals surface area contributed by atoms with Crippen molar-refractivity contribution in [3.05, 3.63) is 77.4 Å². The monoisotopic (exact) mass is 458 g/mol. The maximum Gasteiger partial charge on any atom is 0.338 e. The summed E-state index contributed by atoms with van der Waals surface area (Å²) < 4.78 is 5.14. The molecule has 3 aliphatic rings. The molecule has 2 fully saturated rings. The van der Waals surface area contributed by atoms with Crippen LogP contribution in [-0.4, -0.2) is 30.3 Å². The molecule has 5 atom stereocenters. The number of carbonyl (C=O) groups excluding carboxylic acids is 4. The van der Waals surface area contributed by atoms with Gasteiger partial charge in [0, 0.05) is 0 Å². The van der Waals surface area contributed by atoms with Crippen LogP contribution in [0.1, 0.15) is 42.2 Å². The molecule has 0 spiro atoms. The molecule has 7 heteroatoms. The summed E-state index contributed by atoms with van der Waals surface area (Å²) in [5.41, 5.74) is 2.85. The van der Waals surface area contributed by atoms with Crippen LogP contribution < -0.4 is 10.2 Å². The topological polar surface area (TPSA) is 92.8 Å². The number of nitrogens with zero attached hydrogens (tertiary/aromatic N) is 1. The molecule has 2 aromatic rings. The van der Waals surface area contributed by atoms with Crippen molar-refractivity contribution in [1.29, 1.82) is 0 Å². The molecule has 1 heterocycles. The number of esters is 1. The number of anilines is 1. The molecule has 1 saturated carbocycles. The fourth-order valence-corrected chi connectivity index (χ4v) is 5.60. The van der Waals surface area contributed by atoms with Crippen LogP contribution in [0.2, 0.25) is 0 Å². The molecule has 5 rings (SSSR count). The third-order valence-electron chi connectivity index (χ3n) is 7.25. The molecule has 3 amide bonds. The number of nitrogens with one attached hydrogen (secondary N) is 1. The molecule has 1 N–H and O–H groups in total. The van der Waals surface area contributed by atoms with E-state index in [1.807, 2.05) is 44.2 Å². The van der Waals surface area contributed by atoms with Gasteiger partial charge in [0.1, 0.15) is 0 Å². The number of benzene rings is 2. The fourth-order valence-electron chi connectivity index (χ4n) is 5.60. The van der Waals surface area contributed by atoms with Crippen LogP contribution in [0.4, 0.5) is 5.69 Å². The van der Waals surface area contributed by atoms with Crippen molar-refractivity contribution < 1.29 is 23.9 Å². The van der Waals surface area contributed by atoms with Gasteiger partial charge in [-0.25, -0.2) is 4.79 Å². The smallest absolute Gasteiger partial charge is 0.338 e. The summed E-state index contributed by atoms with van der Waals surface area (Å²) in [5.74, 6) is -1.63. The highest BCUT2D eigenvalue weighted by Crippen LogP contribution is 2.55. The Bertz CT molecular complexity index is 1190. The lowest BCUT2D eigenvalue weighted by Crippen LogP contribution is -2.33. The normalized spacial score (nSPS) is 25.7. The van der Waals surface area contributed by atoms with Crippen LogP contribution in [0.15, 0.2) is 66.2 Å². The van der Waals surface area contributed by atoms with Gasteiger partial charge in [0.2, 0.25) is 11.8 Å². The number of carbonyl (C=O) groups is 4. The summed E-state index contributed by atoms with van der Waals surface area (Å²) in [6.07, 6.45) is 3.02. The third kappa shape index (κ3) is 3.71. The van der Waals surface area contributed by atoms with Gasteiger partial charge in [-0.05, 0) is 61.9 Å². The Kier molecular flexibility index (Phi) is 5.55. The van der Waals surface area contributed by atoms with Crippen molar-refractivity contribution in [3.8, 4) is 0 Å². The third-order valence-corrected chi connectivity index (χ3v) is 7.25. The molecule has 1 aliphatic heterocycles. The lowest BCUT2D eigenvalue weighted by molar-refractivity contribution is -0.125. The van der Waals surface area contributed by atoms with Crippen LogP contribution in [0.3, 0.4) is 0 Å². The summed E-state index contributed by atoms with van der Waals surface area (Å²) >= 11 is 0. The summed E-state index contributed by atoms with van der Waals surface area (Å²) in [6, 6.07) is 15.4. The second-order valence-electron chi connectivity index (χ2n) is 9.30. The van der Waals surface area contributed by atoms with E-state index in [-0.39, 0.29) is 47.1 Å². The molecule has 0 unspecified atom stereocenters. The van der Waals surface area contributed by atoms with Gasteiger partial charge in [0.25, 0.3) is 5.91 Å². The largest absolute Gasteiger partial charge is 0.452 e. The predicted molar refractivity (Wildman–Crippen MR) is 125 cm³/mol. The number of hydrogen-bond acceptors (Lipinski definition) is 5. The number of rotatable bonds is 6. The number of ether oxygens (including phenoxy) is 1. The summed E-state index contributed by atoms with van der Waals surface area (Å²) in [4.78, 5) is 51.9. The molecule has 34 heavy (non-hydrogen) atoms. The molecule has 2 aromatic carbocycles. The highest BCUT2D eigenvalue weighted by atomic mass is 16.5. The molecule has 2 aliphatic carbocycles. The summed E-state index contributed by atoms with van der Waals surface area (Å²) in [5, 5.41) is 2.79. The molecular formula is C27H26N2O5. The standard InChI is InChI=1S/C27H26N2O5/c1-15-12-19-13-21(15)24-23(19)25(31)29(26(24)32)20-10-8-18(9-11-20)27(33)34-14-22(30)28-16(2)17-6-4-3-5-7-17/h3-12,16,19,21,23-24H,13-14H2,1-2H3,(H,28,30)/t16-,19+,21-,23-,24+/m1/s1. The van der Waals surface area contributed by atoms with E-state index >= 15 is 0 Å². The van der Waals surface area contributed by atoms with Gasteiger partial charge in [-0.15, -0.1) is 0 Å². The lowest BCUT2D eigenvalue weighted by Gasteiger charge is -2.19. The Morgan fingerprint density at radius 2 is 1.71 bits per heavy atom. The van der Waals surface area contributed by atoms with Crippen molar-refractivity contribution in [1.82, 2.24) is 5.32 Å². The highest BCUT2D eigenvalue weighted by molar-refractivity contribution is 6.23. The minimum Gasteiger partial charge on any atom is -0.452 e. The van der Waals surface area contributed by atoms with Crippen LogP contribution in [-0.2, 0) is 19.1 Å². The Labute approximate surface area is 197 Å². The first-order valence-electron chi connectivity index (χ1n) is 11.5. The maximum atomic E-state index is 13.1. The number of allylic oxidation sites excluding steroid dienone is 2. The second-order valence-corrected chi connectivity index (χ2v) is 9.30. The number of fused-ring (bicyclic) bond motifs is 5. The van der Waals surface area contributed by atoms with E-state index in [0.717, 1.165) is 12.0 Å². The van der Waals surface area contributed by atoms with Crippen molar-refractivity contribution in [2.45, 2.75) is 26.3 Å². The Morgan fingerprint density at radius 1 is 1.03 bits per heavy atom. The van der Waals surface area contributed by atoms with Crippen molar-refractivity contribution in [2.75, 3.05) is 11.5 Å². The van der Waals surface area contributed by atoms with E-state index in [1.54, 1.807) is 12.1 Å². The van der Waals surface area contributed by atoms with E-state index in [2.05, 4.69) is 11.4 Å². The number of amides is 3. The summed E-state index contributed by atoms with van der Waals surface area (Å²) in [7, 11) is 0. The lowest BCUT2D eigenvalue weighted by atomic mass is 9.82. The minimum absolute atomic E-state index is 0.140. The molecule has 174 valence electrons. The SMILES string of the molecule is CC1=C[C@H]2C[C@H]1[C@@H]1C(=O)N(c3ccc(C(=O)OCC(=O)N[C@H](C)c4ccccc4)cc3)C(=O)[C@@H]12. The zero-order valence-corrected chi connectivity index (χ0v) is 19.1. The van der Waals surface area contributed by atoms with E-state index < -0.39 is 18.5 Å². The van der Waals surface area contributed by atoms with E-state index in [1.165, 1.54) is 22.6 Å². The quantitative estimate of drug-likeness (QED) is 0.407. The predicted octanol–water partition coefficient (Wildman–Crippen LogP) is 3.42. The Morgan fingerprint density at radius 3 is 2.41 bits per heavy atom. The Balaban J connectivity index is 1.19. The van der Waals surface area contributed by atoms with Gasteiger partial charge in [-0.1, -0.05) is 42.0 Å². The molecule has 1 saturated heterocycles. The number of hydrogen-bond donors (Lipinski definition) is 1. The van der Waals surface area contributed by atoms with Gasteiger partial charge in [0.15, 0.2) is 6.61 Å². The van der Waals surface area contributed by atoms with Crippen LogP contribution in [0.25, 0.3) is 0 Å². The summed E-state index contributed by atoms with van der Waals surface area (Å²) in [6.45, 7) is 3.48. The minimum atomic E-state index is -0.650. The van der Waals surface area contributed by atoms with Crippen molar-refractivity contribution in [3.63, 3.8) is 0 Å². The first-order valence-corrected chi connectivity index (χ1v) is 11.5. The molecular weight excluding hydrogens is 432 g/mol. The van der Waals surface area contributed by atoms with E-state index in [9.17, 15) is 19.2 Å². The average molecular weight is 459 g/mol. The first-order chi connectivity index (χ1) is 16.3. The molecule has 0 aromatic heterocycles. The highest BCUT2D eigenvalue weighted by Gasteiger charge is 2.60. The van der Waals surface area contributed by atoms with Crippen LogP contribution >= 0.6 is 0 Å². The molecule has 0 radical (unpaired) electrons. The molecule has 7 nitrogen and oxygen atoms in total. The number of imide groups is 1. The zero-order chi connectivity index (χ0) is 24.0. The van der Waals surface area contributed by atoms with E-state index in [0.29, 0.717) is 5.69 Å². The van der Waals surface area contributed by atoms with Gasteiger partial charge in [-0.3, -0.25) is 19.3 Å². The van der Waals surface area contributed by atoms with E-state index in [4.69, 9.17) is 4.74 Å². The second kappa shape index (κ2) is 8.56. The average Bonchev–Trinajstić information content (AvgIpc) is 3.48. The van der Waals surface area contributed by atoms with Crippen molar-refractivity contribution in [2.24, 2.45) is 23.7 Å². The van der Waals surface area contributed by atoms with Crippen LogP contribution in [0.5, 0.6) is 0 Å². The molecule has 2 bridgehead atoms. The van der Waals surface area contributed by atoms with Crippen molar-refractivity contribution >= 4 is 29.4 Å². The van der Waals surface area contributed by atoms with Gasteiger partial charge < -0.3 is 10.1 Å². The zero-order valence-electron chi connectivity index (χ0n) is 19.1. The maximum absolute atomic E-state index is 13.1. The first kappa shape index (κ1) is 22.1. The van der Waals surface area contributed by atoms with Crippen LogP contribution in [0, 0.1) is 23.7 Å².